The molecule has 0 spiro atoms. The Bertz CT molecular complexity index is 614. The van der Waals surface area contributed by atoms with Gasteiger partial charge in [0.15, 0.2) is 11.5 Å². The van der Waals surface area contributed by atoms with Gasteiger partial charge in [0.05, 0.1) is 11.1 Å². The molecule has 0 heterocycles. The van der Waals surface area contributed by atoms with Gasteiger partial charge in [0.1, 0.15) is 0 Å². The van der Waals surface area contributed by atoms with Crippen LogP contribution in [-0.2, 0) is 13.0 Å². The largest absolute Gasteiger partial charge is 0.503 e. The van der Waals surface area contributed by atoms with Crippen LogP contribution in [0, 0.1) is 0 Å². The first-order chi connectivity index (χ1) is 10.2. The summed E-state index contributed by atoms with van der Waals surface area (Å²) in [6, 6.07) is 12.1. The zero-order valence-electron chi connectivity index (χ0n) is 12.3. The van der Waals surface area contributed by atoms with E-state index in [9.17, 15) is 5.11 Å². The minimum absolute atomic E-state index is 0.148. The molecule has 3 nitrogen and oxygen atoms in total. The van der Waals surface area contributed by atoms with Crippen molar-refractivity contribution in [3.05, 3.63) is 52.0 Å². The van der Waals surface area contributed by atoms with Crippen molar-refractivity contribution < 1.29 is 9.84 Å². The van der Waals surface area contributed by atoms with Crippen molar-refractivity contribution in [2.24, 2.45) is 0 Å². The van der Waals surface area contributed by atoms with Gasteiger partial charge in [-0.25, -0.2) is 0 Å². The molecule has 2 aromatic carbocycles. The summed E-state index contributed by atoms with van der Waals surface area (Å²) in [4.78, 5) is 0. The lowest BCUT2D eigenvalue weighted by Gasteiger charge is -2.13. The number of para-hydroxylation sites is 1. The van der Waals surface area contributed by atoms with E-state index in [0.717, 1.165) is 17.7 Å². The molecule has 0 atom stereocenters. The summed E-state index contributed by atoms with van der Waals surface area (Å²) >= 11 is 3.36. The molecule has 0 amide bonds. The molecular weight excluding hydrogens is 330 g/mol. The third kappa shape index (κ3) is 3.91. The molecule has 2 N–H and O–H groups in total. The lowest BCUT2D eigenvalue weighted by molar-refractivity contribution is 0.317. The molecule has 2 aromatic rings. The molecule has 0 unspecified atom stereocenters. The second kappa shape index (κ2) is 7.36. The first-order valence-corrected chi connectivity index (χ1v) is 7.91. The molecule has 0 aromatic heterocycles. The second-order valence-corrected chi connectivity index (χ2v) is 5.58. The van der Waals surface area contributed by atoms with Crippen LogP contribution in [0.1, 0.15) is 25.0 Å². The van der Waals surface area contributed by atoms with Gasteiger partial charge in [-0.2, -0.15) is 0 Å². The van der Waals surface area contributed by atoms with Crippen LogP contribution < -0.4 is 10.1 Å². The molecule has 0 aliphatic rings. The Morgan fingerprint density at radius 3 is 2.67 bits per heavy atom. The van der Waals surface area contributed by atoms with Crippen molar-refractivity contribution >= 4 is 21.6 Å². The van der Waals surface area contributed by atoms with Gasteiger partial charge in [-0.15, -0.1) is 0 Å². The summed E-state index contributed by atoms with van der Waals surface area (Å²) in [5.74, 6) is 0.655. The number of ether oxygens (including phenoxy) is 1. The highest BCUT2D eigenvalue weighted by molar-refractivity contribution is 9.10. The lowest BCUT2D eigenvalue weighted by Crippen LogP contribution is -2.03. The molecule has 2 rings (SSSR count). The number of anilines is 1. The van der Waals surface area contributed by atoms with Crippen LogP contribution >= 0.6 is 15.9 Å². The third-order valence-corrected chi connectivity index (χ3v) is 3.87. The third-order valence-electron chi connectivity index (χ3n) is 3.27. The number of phenols is 1. The summed E-state index contributed by atoms with van der Waals surface area (Å²) in [6.45, 7) is 5.24. The summed E-state index contributed by atoms with van der Waals surface area (Å²) in [7, 11) is 0. The number of halogens is 1. The van der Waals surface area contributed by atoms with Crippen LogP contribution in [0.15, 0.2) is 40.9 Å². The molecular formula is C17H20BrNO2. The number of hydrogen-bond donors (Lipinski definition) is 2. The highest BCUT2D eigenvalue weighted by Gasteiger charge is 2.09. The van der Waals surface area contributed by atoms with Crippen molar-refractivity contribution in [1.29, 1.82) is 0 Å². The fourth-order valence-corrected chi connectivity index (χ4v) is 2.68. The summed E-state index contributed by atoms with van der Waals surface area (Å²) < 4.78 is 6.09. The molecule has 0 saturated carbocycles. The van der Waals surface area contributed by atoms with E-state index in [1.807, 2.05) is 31.2 Å². The zero-order valence-corrected chi connectivity index (χ0v) is 13.9. The topological polar surface area (TPSA) is 41.5 Å². The van der Waals surface area contributed by atoms with Crippen molar-refractivity contribution in [1.82, 2.24) is 0 Å². The van der Waals surface area contributed by atoms with E-state index < -0.39 is 0 Å². The Labute approximate surface area is 134 Å². The van der Waals surface area contributed by atoms with Crippen LogP contribution in [0.5, 0.6) is 11.5 Å². The van der Waals surface area contributed by atoms with Gasteiger partial charge in [-0.1, -0.05) is 25.1 Å². The van der Waals surface area contributed by atoms with Crippen LogP contribution in [0.3, 0.4) is 0 Å². The molecule has 0 aliphatic heterocycles. The van der Waals surface area contributed by atoms with E-state index >= 15 is 0 Å². The van der Waals surface area contributed by atoms with Gasteiger partial charge < -0.3 is 15.2 Å². The van der Waals surface area contributed by atoms with Gasteiger partial charge in [0.2, 0.25) is 0 Å². The fraction of sp³-hybridized carbons (Fsp3) is 0.294. The predicted molar refractivity (Wildman–Crippen MR) is 90.1 cm³/mol. The maximum Gasteiger partial charge on any atom is 0.172 e. The molecule has 112 valence electrons. The van der Waals surface area contributed by atoms with Gasteiger partial charge in [-0.3, -0.25) is 0 Å². The monoisotopic (exact) mass is 349 g/mol. The molecule has 0 bridgehead atoms. The minimum atomic E-state index is 0.148. The number of aromatic hydroxyl groups is 1. The highest BCUT2D eigenvalue weighted by atomic mass is 79.9. The van der Waals surface area contributed by atoms with Crippen molar-refractivity contribution in [2.45, 2.75) is 26.8 Å². The molecule has 0 radical (unpaired) electrons. The summed E-state index contributed by atoms with van der Waals surface area (Å²) in [6.07, 6.45) is 0.993. The van der Waals surface area contributed by atoms with E-state index in [1.165, 1.54) is 5.56 Å². The Morgan fingerprint density at radius 1 is 1.19 bits per heavy atom. The average Bonchev–Trinajstić information content (AvgIpc) is 2.50. The maximum atomic E-state index is 9.93. The smallest absolute Gasteiger partial charge is 0.172 e. The number of rotatable bonds is 6. The normalized spacial score (nSPS) is 10.4. The first-order valence-electron chi connectivity index (χ1n) is 7.11. The number of hydrogen-bond acceptors (Lipinski definition) is 3. The average molecular weight is 350 g/mol. The molecule has 0 saturated heterocycles. The van der Waals surface area contributed by atoms with E-state index in [4.69, 9.17) is 4.74 Å². The standard InChI is InChI=1S/C17H20BrNO2/c1-3-13-7-5-6-8-15(13)19-11-12-9-14(18)17(20)16(10-12)21-4-2/h5-10,19-20H,3-4,11H2,1-2H3. The van der Waals surface area contributed by atoms with E-state index in [1.54, 1.807) is 0 Å². The first kappa shape index (κ1) is 15.7. The van der Waals surface area contributed by atoms with Gasteiger partial charge in [0.25, 0.3) is 0 Å². The van der Waals surface area contributed by atoms with E-state index in [2.05, 4.69) is 40.3 Å². The van der Waals surface area contributed by atoms with Crippen molar-refractivity contribution in [3.63, 3.8) is 0 Å². The summed E-state index contributed by atoms with van der Waals surface area (Å²) in [5.41, 5.74) is 3.48. The number of benzene rings is 2. The highest BCUT2D eigenvalue weighted by Crippen LogP contribution is 2.35. The molecule has 0 fully saturated rings. The Hall–Kier alpha value is -1.68. The van der Waals surface area contributed by atoms with Crippen LogP contribution in [0.4, 0.5) is 5.69 Å². The van der Waals surface area contributed by atoms with Crippen molar-refractivity contribution in [2.75, 3.05) is 11.9 Å². The Balaban J connectivity index is 2.16. The van der Waals surface area contributed by atoms with Crippen LogP contribution in [0.25, 0.3) is 0 Å². The minimum Gasteiger partial charge on any atom is -0.503 e. The zero-order chi connectivity index (χ0) is 15.2. The number of aryl methyl sites for hydroxylation is 1. The fourth-order valence-electron chi connectivity index (χ4n) is 2.19. The summed E-state index contributed by atoms with van der Waals surface area (Å²) in [5, 5.41) is 13.4. The number of phenolic OH excluding ortho intramolecular Hbond substituents is 1. The molecule has 0 aliphatic carbocycles. The SMILES string of the molecule is CCOc1cc(CNc2ccccc2CC)cc(Br)c1O. The maximum absolute atomic E-state index is 9.93. The Kier molecular flexibility index (Phi) is 5.51. The second-order valence-electron chi connectivity index (χ2n) is 4.72. The van der Waals surface area contributed by atoms with E-state index in [0.29, 0.717) is 23.4 Å². The van der Waals surface area contributed by atoms with Crippen LogP contribution in [0.2, 0.25) is 0 Å². The van der Waals surface area contributed by atoms with Gasteiger partial charge in [-0.05, 0) is 58.6 Å². The molecule has 21 heavy (non-hydrogen) atoms. The molecule has 4 heteroatoms. The van der Waals surface area contributed by atoms with Crippen molar-refractivity contribution in [3.8, 4) is 11.5 Å². The van der Waals surface area contributed by atoms with Gasteiger partial charge >= 0.3 is 0 Å². The van der Waals surface area contributed by atoms with Gasteiger partial charge in [0, 0.05) is 12.2 Å². The predicted octanol–water partition coefficient (Wildman–Crippen LogP) is 4.73. The van der Waals surface area contributed by atoms with Crippen LogP contribution in [-0.4, -0.2) is 11.7 Å². The van der Waals surface area contributed by atoms with E-state index in [-0.39, 0.29) is 5.75 Å². The number of nitrogens with one attached hydrogen (secondary N) is 1. The Morgan fingerprint density at radius 2 is 1.95 bits per heavy atom. The lowest BCUT2D eigenvalue weighted by atomic mass is 10.1. The quantitative estimate of drug-likeness (QED) is 0.792.